The first-order valence-electron chi connectivity index (χ1n) is 11.7. The first-order valence-corrected chi connectivity index (χ1v) is 11.7. The summed E-state index contributed by atoms with van der Waals surface area (Å²) in [5.41, 5.74) is 0.433. The first-order chi connectivity index (χ1) is 18.1. The van der Waals surface area contributed by atoms with Crippen molar-refractivity contribution < 1.29 is 47.7 Å². The molecule has 1 saturated heterocycles. The molecule has 0 bridgehead atoms. The monoisotopic (exact) mass is 528 g/mol. The lowest BCUT2D eigenvalue weighted by atomic mass is 9.91. The Bertz CT molecular complexity index is 1200. The molecule has 0 radical (unpaired) electrons. The number of ether oxygens (including phenoxy) is 5. The van der Waals surface area contributed by atoms with Gasteiger partial charge in [-0.25, -0.2) is 9.78 Å². The standard InChI is InChI=1S/C26H28N2O10/c1-14-22(37-15(2)29)18(12-17-8-6-5-7-9-17)25(32)35-13-19(26(33)36-14)28-24(31)21-23(38-16(3)30)20(34-4)10-11-27-21/h5-11,14,18-19,22H,12-13H2,1-4H3,(H,28,31)/t14-,18+,19-,22-/m0/s1. The number of amides is 1. The maximum absolute atomic E-state index is 13.1. The molecule has 1 fully saturated rings. The lowest BCUT2D eigenvalue weighted by Gasteiger charge is -2.28. The minimum atomic E-state index is -1.44. The highest BCUT2D eigenvalue weighted by atomic mass is 16.6. The van der Waals surface area contributed by atoms with Gasteiger partial charge in [-0.15, -0.1) is 0 Å². The third-order valence-electron chi connectivity index (χ3n) is 5.60. The zero-order chi connectivity index (χ0) is 27.8. The Morgan fingerprint density at radius 3 is 2.39 bits per heavy atom. The number of nitrogens with one attached hydrogen (secondary N) is 1. The molecule has 1 amide bonds. The largest absolute Gasteiger partial charge is 0.493 e. The number of nitrogens with zero attached hydrogens (tertiary/aromatic N) is 1. The van der Waals surface area contributed by atoms with E-state index in [-0.39, 0.29) is 23.6 Å². The van der Waals surface area contributed by atoms with Crippen LogP contribution >= 0.6 is 0 Å². The quantitative estimate of drug-likeness (QED) is 0.409. The summed E-state index contributed by atoms with van der Waals surface area (Å²) in [5, 5.41) is 2.40. The molecule has 12 heteroatoms. The van der Waals surface area contributed by atoms with Crippen LogP contribution in [-0.2, 0) is 39.8 Å². The van der Waals surface area contributed by atoms with E-state index in [0.717, 1.165) is 12.5 Å². The van der Waals surface area contributed by atoms with Crippen molar-refractivity contribution >= 4 is 29.8 Å². The van der Waals surface area contributed by atoms with Crippen molar-refractivity contribution in [2.45, 2.75) is 45.4 Å². The minimum Gasteiger partial charge on any atom is -0.493 e. The number of carbonyl (C=O) groups is 5. The van der Waals surface area contributed by atoms with Gasteiger partial charge in [-0.05, 0) is 18.9 Å². The van der Waals surface area contributed by atoms with E-state index in [4.69, 9.17) is 23.7 Å². The number of carbonyl (C=O) groups excluding carboxylic acids is 5. The number of esters is 4. The van der Waals surface area contributed by atoms with E-state index >= 15 is 0 Å². The van der Waals surface area contributed by atoms with Gasteiger partial charge in [0.2, 0.25) is 5.75 Å². The molecule has 4 atom stereocenters. The first kappa shape index (κ1) is 28.1. The molecular formula is C26H28N2O10. The van der Waals surface area contributed by atoms with Crippen molar-refractivity contribution in [3.05, 3.63) is 53.9 Å². The van der Waals surface area contributed by atoms with Crippen LogP contribution in [0.15, 0.2) is 42.6 Å². The number of hydrogen-bond donors (Lipinski definition) is 1. The molecule has 2 aromatic rings. The zero-order valence-corrected chi connectivity index (χ0v) is 21.3. The average molecular weight is 529 g/mol. The Morgan fingerprint density at radius 2 is 1.76 bits per heavy atom. The van der Waals surface area contributed by atoms with E-state index in [1.54, 1.807) is 24.3 Å². The summed E-state index contributed by atoms with van der Waals surface area (Å²) in [5.74, 6) is -5.18. The lowest BCUT2D eigenvalue weighted by molar-refractivity contribution is -0.173. The van der Waals surface area contributed by atoms with E-state index in [1.807, 2.05) is 6.07 Å². The van der Waals surface area contributed by atoms with Gasteiger partial charge >= 0.3 is 23.9 Å². The maximum atomic E-state index is 13.1. The van der Waals surface area contributed by atoms with Gasteiger partial charge in [0, 0.05) is 26.1 Å². The number of benzene rings is 1. The second kappa shape index (κ2) is 12.7. The molecule has 1 aliphatic rings. The van der Waals surface area contributed by atoms with E-state index in [0.29, 0.717) is 0 Å². The minimum absolute atomic E-state index is 0.0606. The maximum Gasteiger partial charge on any atom is 0.332 e. The van der Waals surface area contributed by atoms with Crippen molar-refractivity contribution in [1.82, 2.24) is 10.3 Å². The third-order valence-corrected chi connectivity index (χ3v) is 5.60. The number of rotatable bonds is 7. The third kappa shape index (κ3) is 7.05. The smallest absolute Gasteiger partial charge is 0.332 e. The van der Waals surface area contributed by atoms with E-state index < -0.39 is 60.6 Å². The number of hydrogen-bond acceptors (Lipinski definition) is 11. The van der Waals surface area contributed by atoms with Crippen LogP contribution in [0.2, 0.25) is 0 Å². The van der Waals surface area contributed by atoms with Crippen LogP contribution in [0, 0.1) is 5.92 Å². The predicted molar refractivity (Wildman–Crippen MR) is 129 cm³/mol. The fourth-order valence-corrected chi connectivity index (χ4v) is 3.89. The van der Waals surface area contributed by atoms with Crippen molar-refractivity contribution in [2.24, 2.45) is 5.92 Å². The predicted octanol–water partition coefficient (Wildman–Crippen LogP) is 1.39. The van der Waals surface area contributed by atoms with Crippen LogP contribution in [0.25, 0.3) is 0 Å². The van der Waals surface area contributed by atoms with Gasteiger partial charge in [0.25, 0.3) is 5.91 Å². The van der Waals surface area contributed by atoms with Crippen LogP contribution in [0.4, 0.5) is 0 Å². The summed E-state index contributed by atoms with van der Waals surface area (Å²) in [6.07, 6.45) is -0.802. The second-order valence-corrected chi connectivity index (χ2v) is 8.45. The van der Waals surface area contributed by atoms with Gasteiger partial charge in [-0.2, -0.15) is 0 Å². The molecule has 0 spiro atoms. The molecule has 1 aliphatic heterocycles. The number of aromatic nitrogens is 1. The average Bonchev–Trinajstić information content (AvgIpc) is 2.90. The fourth-order valence-electron chi connectivity index (χ4n) is 3.89. The van der Waals surface area contributed by atoms with Crippen molar-refractivity contribution in [3.63, 3.8) is 0 Å². The van der Waals surface area contributed by atoms with Gasteiger partial charge < -0.3 is 29.0 Å². The van der Waals surface area contributed by atoms with Gasteiger partial charge in [0.05, 0.1) is 7.11 Å². The van der Waals surface area contributed by atoms with Gasteiger partial charge in [0.1, 0.15) is 18.6 Å². The Labute approximate surface area is 218 Å². The van der Waals surface area contributed by atoms with E-state index in [1.165, 1.54) is 33.2 Å². The van der Waals surface area contributed by atoms with Crippen LogP contribution in [-0.4, -0.2) is 66.7 Å². The SMILES string of the molecule is COc1ccnc(C(=O)N[C@H]2COC(=O)[C@H](Cc3ccccc3)[C@@H](OC(C)=O)[C@H](C)OC2=O)c1OC(C)=O. The number of pyridine rings is 1. The lowest BCUT2D eigenvalue weighted by Crippen LogP contribution is -2.46. The highest BCUT2D eigenvalue weighted by molar-refractivity contribution is 5.98. The summed E-state index contributed by atoms with van der Waals surface area (Å²) in [7, 11) is 1.31. The Hall–Kier alpha value is -4.48. The molecule has 1 aromatic carbocycles. The molecule has 202 valence electrons. The molecule has 1 N–H and O–H groups in total. The second-order valence-electron chi connectivity index (χ2n) is 8.45. The number of cyclic esters (lactones) is 2. The van der Waals surface area contributed by atoms with Crippen LogP contribution in [0.3, 0.4) is 0 Å². The molecule has 3 rings (SSSR count). The normalized spacial score (nSPS) is 21.5. The zero-order valence-electron chi connectivity index (χ0n) is 21.3. The summed E-state index contributed by atoms with van der Waals surface area (Å²) in [6.45, 7) is 3.22. The highest BCUT2D eigenvalue weighted by Crippen LogP contribution is 2.30. The van der Waals surface area contributed by atoms with E-state index in [2.05, 4.69) is 10.3 Å². The molecule has 2 heterocycles. The molecule has 38 heavy (non-hydrogen) atoms. The van der Waals surface area contributed by atoms with Crippen molar-refractivity contribution in [3.8, 4) is 11.5 Å². The molecule has 1 aromatic heterocycles. The molecule has 0 aliphatic carbocycles. The van der Waals surface area contributed by atoms with Gasteiger partial charge in [-0.3, -0.25) is 19.2 Å². The Balaban J connectivity index is 1.87. The van der Waals surface area contributed by atoms with Crippen molar-refractivity contribution in [2.75, 3.05) is 13.7 Å². The van der Waals surface area contributed by atoms with Crippen LogP contribution in [0.1, 0.15) is 36.8 Å². The Kier molecular flexibility index (Phi) is 9.36. The summed E-state index contributed by atoms with van der Waals surface area (Å²) < 4.78 is 26.5. The summed E-state index contributed by atoms with van der Waals surface area (Å²) in [4.78, 5) is 66.5. The van der Waals surface area contributed by atoms with E-state index in [9.17, 15) is 24.0 Å². The van der Waals surface area contributed by atoms with Gasteiger partial charge in [0.15, 0.2) is 23.6 Å². The van der Waals surface area contributed by atoms with Crippen molar-refractivity contribution in [1.29, 1.82) is 0 Å². The topological polar surface area (TPSA) is 156 Å². The molecule has 0 unspecified atom stereocenters. The van der Waals surface area contributed by atoms with Crippen LogP contribution in [0.5, 0.6) is 11.5 Å². The Morgan fingerprint density at radius 1 is 1.05 bits per heavy atom. The molecule has 12 nitrogen and oxygen atoms in total. The number of methoxy groups -OCH3 is 1. The van der Waals surface area contributed by atoms with Gasteiger partial charge in [-0.1, -0.05) is 30.3 Å². The fraction of sp³-hybridized carbons (Fsp3) is 0.385. The summed E-state index contributed by atoms with van der Waals surface area (Å²) >= 11 is 0. The van der Waals surface area contributed by atoms with Crippen LogP contribution < -0.4 is 14.8 Å². The summed E-state index contributed by atoms with van der Waals surface area (Å²) in [6, 6.07) is 8.94. The molecule has 0 saturated carbocycles. The highest BCUT2D eigenvalue weighted by Gasteiger charge is 2.41. The molecular weight excluding hydrogens is 500 g/mol.